The van der Waals surface area contributed by atoms with Crippen molar-refractivity contribution < 1.29 is 18.7 Å². The number of methoxy groups -OCH3 is 1. The first-order valence-corrected chi connectivity index (χ1v) is 10.1. The Labute approximate surface area is 123 Å². The van der Waals surface area contributed by atoms with Crippen LogP contribution in [0.1, 0.15) is 27.7 Å². The Balaban J connectivity index is 2.68. The van der Waals surface area contributed by atoms with Crippen molar-refractivity contribution in [2.75, 3.05) is 13.7 Å². The average Bonchev–Trinajstić information content (AvgIpc) is 2.78. The summed E-state index contributed by atoms with van der Waals surface area (Å²) >= 11 is 0. The van der Waals surface area contributed by atoms with E-state index < -0.39 is 14.6 Å². The maximum atomic E-state index is 11.1. The molecule has 0 aromatic heterocycles. The summed E-state index contributed by atoms with van der Waals surface area (Å²) in [4.78, 5) is 11.1. The van der Waals surface area contributed by atoms with Gasteiger partial charge in [0.15, 0.2) is 14.6 Å². The second-order valence-electron chi connectivity index (χ2n) is 6.71. The fourth-order valence-electron chi connectivity index (χ4n) is 2.08. The molecular weight excluding hydrogens is 272 g/mol. The highest BCUT2D eigenvalue weighted by Gasteiger charge is 2.44. The molecule has 0 spiro atoms. The molecule has 1 heterocycles. The third kappa shape index (κ3) is 3.58. The molecule has 0 aromatic carbocycles. The number of carbonyl (C=O) groups is 1. The normalized spacial score (nSPS) is 24.1. The molecule has 0 aromatic rings. The lowest BCUT2D eigenvalue weighted by Crippen LogP contribution is -2.46. The van der Waals surface area contributed by atoms with Crippen LogP contribution in [0.3, 0.4) is 0 Å². The van der Waals surface area contributed by atoms with Crippen molar-refractivity contribution in [2.45, 2.75) is 58.2 Å². The fourth-order valence-corrected chi connectivity index (χ4v) is 4.41. The lowest BCUT2D eigenvalue weighted by atomic mass is 9.99. The van der Waals surface area contributed by atoms with Crippen LogP contribution in [-0.4, -0.2) is 40.7 Å². The molecule has 20 heavy (non-hydrogen) atoms. The van der Waals surface area contributed by atoms with Gasteiger partial charge in [-0.15, -0.1) is 0 Å². The van der Waals surface area contributed by atoms with Crippen LogP contribution in [0.4, 0.5) is 0 Å². The molecule has 0 bridgehead atoms. The van der Waals surface area contributed by atoms with Crippen LogP contribution >= 0.6 is 0 Å². The van der Waals surface area contributed by atoms with Crippen LogP contribution in [0.2, 0.25) is 18.1 Å². The molecule has 0 fully saturated rings. The smallest absolute Gasteiger partial charge is 0.192 e. The number of carbonyl (C=O) groups excluding carboxylic acids is 1. The first-order chi connectivity index (χ1) is 9.15. The lowest BCUT2D eigenvalue weighted by Gasteiger charge is -2.43. The van der Waals surface area contributed by atoms with Crippen LogP contribution in [0.25, 0.3) is 0 Å². The van der Waals surface area contributed by atoms with E-state index in [1.807, 2.05) is 0 Å². The van der Waals surface area contributed by atoms with E-state index in [4.69, 9.17) is 13.9 Å². The summed E-state index contributed by atoms with van der Waals surface area (Å²) in [5, 5.41) is 0.150. The van der Waals surface area contributed by atoms with Crippen molar-refractivity contribution in [2.24, 2.45) is 5.92 Å². The van der Waals surface area contributed by atoms with Crippen LogP contribution < -0.4 is 0 Å². The lowest BCUT2D eigenvalue weighted by molar-refractivity contribution is -0.114. The summed E-state index contributed by atoms with van der Waals surface area (Å²) in [5.41, 5.74) is 0.615. The Morgan fingerprint density at radius 3 is 2.50 bits per heavy atom. The van der Waals surface area contributed by atoms with E-state index in [0.717, 1.165) is 6.29 Å². The minimum Gasteiger partial charge on any atom is -0.414 e. The quantitative estimate of drug-likeness (QED) is 0.535. The molecule has 1 rings (SSSR count). The van der Waals surface area contributed by atoms with Crippen molar-refractivity contribution in [1.29, 1.82) is 0 Å². The van der Waals surface area contributed by atoms with Gasteiger partial charge in [-0.2, -0.15) is 0 Å². The van der Waals surface area contributed by atoms with E-state index in [1.165, 1.54) is 0 Å². The zero-order valence-electron chi connectivity index (χ0n) is 13.7. The average molecular weight is 300 g/mol. The summed E-state index contributed by atoms with van der Waals surface area (Å²) in [6.07, 6.45) is 1.79. The third-order valence-corrected chi connectivity index (χ3v) is 9.53. The van der Waals surface area contributed by atoms with E-state index in [2.05, 4.69) is 40.8 Å². The summed E-state index contributed by atoms with van der Waals surface area (Å²) in [6, 6.07) is 0. The molecule has 0 unspecified atom stereocenters. The number of rotatable bonds is 7. The molecule has 0 aliphatic carbocycles. The maximum Gasteiger partial charge on any atom is 0.192 e. The summed E-state index contributed by atoms with van der Waals surface area (Å²) in [6.45, 7) is 13.8. The number of hydrogen-bond acceptors (Lipinski definition) is 4. The van der Waals surface area contributed by atoms with E-state index in [1.54, 1.807) is 13.2 Å². The molecule has 4 nitrogen and oxygen atoms in total. The monoisotopic (exact) mass is 300 g/mol. The summed E-state index contributed by atoms with van der Waals surface area (Å²) < 4.78 is 17.0. The standard InChI is InChI=1S/C15H28O4Si/c1-11(2)15(3,4)20(6,7)18-10-13-12(9-16)8-14(17-5)19-13/h8-9,11,13-14H,10H2,1-7H3/t13-,14-/m1/s1. The van der Waals surface area contributed by atoms with Crippen molar-refractivity contribution in [1.82, 2.24) is 0 Å². The zero-order chi connectivity index (χ0) is 15.6. The van der Waals surface area contributed by atoms with Gasteiger partial charge in [-0.1, -0.05) is 27.7 Å². The third-order valence-electron chi connectivity index (χ3n) is 4.96. The number of ether oxygens (including phenoxy) is 2. The van der Waals surface area contributed by atoms with Crippen molar-refractivity contribution in [3.63, 3.8) is 0 Å². The Hall–Kier alpha value is -0.493. The van der Waals surface area contributed by atoms with Gasteiger partial charge in [0.05, 0.1) is 6.61 Å². The molecule has 5 heteroatoms. The fraction of sp³-hybridized carbons (Fsp3) is 0.800. The van der Waals surface area contributed by atoms with Crippen LogP contribution in [0, 0.1) is 5.92 Å². The SMILES string of the molecule is CO[C@H]1C=C(C=O)[C@@H](CO[Si](C)(C)C(C)(C)C(C)C)O1. The van der Waals surface area contributed by atoms with Crippen LogP contribution in [0.15, 0.2) is 11.6 Å². The van der Waals surface area contributed by atoms with Crippen molar-refractivity contribution in [3.05, 3.63) is 11.6 Å². The highest BCUT2D eigenvalue weighted by Crippen LogP contribution is 2.44. The highest BCUT2D eigenvalue weighted by atomic mass is 28.4. The minimum absolute atomic E-state index is 0.150. The largest absolute Gasteiger partial charge is 0.414 e. The zero-order valence-corrected chi connectivity index (χ0v) is 14.7. The van der Waals surface area contributed by atoms with Gasteiger partial charge in [-0.25, -0.2) is 0 Å². The minimum atomic E-state index is -1.90. The molecule has 0 saturated carbocycles. The molecule has 0 amide bonds. The molecule has 0 N–H and O–H groups in total. The van der Waals surface area contributed by atoms with E-state index in [-0.39, 0.29) is 11.1 Å². The topological polar surface area (TPSA) is 44.8 Å². The van der Waals surface area contributed by atoms with E-state index in [0.29, 0.717) is 18.1 Å². The van der Waals surface area contributed by atoms with Crippen LogP contribution in [-0.2, 0) is 18.7 Å². The second-order valence-corrected chi connectivity index (χ2v) is 11.3. The van der Waals surface area contributed by atoms with E-state index >= 15 is 0 Å². The van der Waals surface area contributed by atoms with Crippen molar-refractivity contribution >= 4 is 14.6 Å². The van der Waals surface area contributed by atoms with Gasteiger partial charge in [0, 0.05) is 12.7 Å². The summed E-state index contributed by atoms with van der Waals surface area (Å²) in [7, 11) is -0.337. The summed E-state index contributed by atoms with van der Waals surface area (Å²) in [5.74, 6) is 0.543. The Morgan fingerprint density at radius 1 is 1.45 bits per heavy atom. The van der Waals surface area contributed by atoms with Crippen LogP contribution in [0.5, 0.6) is 0 Å². The van der Waals surface area contributed by atoms with Gasteiger partial charge in [-0.3, -0.25) is 4.79 Å². The molecular formula is C15H28O4Si. The maximum absolute atomic E-state index is 11.1. The molecule has 1 aliphatic rings. The molecule has 1 aliphatic heterocycles. The first-order valence-electron chi connectivity index (χ1n) is 7.14. The van der Waals surface area contributed by atoms with Gasteiger partial charge in [0.25, 0.3) is 0 Å². The van der Waals surface area contributed by atoms with Gasteiger partial charge >= 0.3 is 0 Å². The number of hydrogen-bond donors (Lipinski definition) is 0. The van der Waals surface area contributed by atoms with Crippen molar-refractivity contribution in [3.8, 4) is 0 Å². The second kappa shape index (κ2) is 6.51. The van der Waals surface area contributed by atoms with Gasteiger partial charge in [0.1, 0.15) is 12.4 Å². The Bertz CT molecular complexity index is 374. The van der Waals surface area contributed by atoms with Gasteiger partial charge in [-0.05, 0) is 30.1 Å². The molecule has 116 valence electrons. The molecule has 0 saturated heterocycles. The van der Waals surface area contributed by atoms with E-state index in [9.17, 15) is 4.79 Å². The Morgan fingerprint density at radius 2 is 2.05 bits per heavy atom. The molecule has 0 radical (unpaired) electrons. The predicted octanol–water partition coefficient (Wildman–Crippen LogP) is 3.14. The first kappa shape index (κ1) is 17.6. The number of aldehydes is 1. The molecule has 2 atom stereocenters. The highest BCUT2D eigenvalue weighted by molar-refractivity contribution is 6.74. The van der Waals surface area contributed by atoms with Gasteiger partial charge in [0.2, 0.25) is 0 Å². The Kier molecular flexibility index (Phi) is 5.72. The predicted molar refractivity (Wildman–Crippen MR) is 82.1 cm³/mol. The van der Waals surface area contributed by atoms with Gasteiger partial charge < -0.3 is 13.9 Å².